The lowest BCUT2D eigenvalue weighted by Crippen LogP contribution is -2.21. The maximum absolute atomic E-state index is 9.93. The van der Waals surface area contributed by atoms with Crippen molar-refractivity contribution in [3.05, 3.63) is 81.9 Å². The first kappa shape index (κ1) is 31.6. The lowest BCUT2D eigenvalue weighted by atomic mass is 9.86. The van der Waals surface area contributed by atoms with E-state index in [1.54, 1.807) is 0 Å². The zero-order valence-corrected chi connectivity index (χ0v) is 26.8. The molecule has 0 atom stereocenters. The highest BCUT2D eigenvalue weighted by Crippen LogP contribution is 2.31. The molecule has 3 aromatic rings. The van der Waals surface area contributed by atoms with Gasteiger partial charge in [-0.15, -0.1) is 0 Å². The van der Waals surface area contributed by atoms with Crippen LogP contribution in [0.1, 0.15) is 123 Å². The van der Waals surface area contributed by atoms with E-state index in [1.165, 1.54) is 0 Å². The maximum Gasteiger partial charge on any atom is 0.123 e. The molecule has 0 unspecified atom stereocenters. The zero-order chi connectivity index (χ0) is 30.1. The monoisotopic (exact) mass is 546 g/mol. The van der Waals surface area contributed by atoms with Gasteiger partial charge in [-0.2, -0.15) is 0 Å². The van der Waals surface area contributed by atoms with Gasteiger partial charge in [-0.25, -0.2) is 0 Å². The van der Waals surface area contributed by atoms with E-state index in [-0.39, 0.29) is 28.3 Å². The van der Waals surface area contributed by atoms with Crippen LogP contribution in [-0.2, 0) is 41.5 Å². The Bertz CT molecular complexity index is 1150. The van der Waals surface area contributed by atoms with E-state index in [9.17, 15) is 5.11 Å². The summed E-state index contributed by atoms with van der Waals surface area (Å²) in [5, 5.41) is 9.93. The molecule has 1 N–H and O–H groups in total. The van der Waals surface area contributed by atoms with Crippen LogP contribution in [-0.4, -0.2) is 15.1 Å². The molecule has 0 aliphatic rings. The highest BCUT2D eigenvalue weighted by molar-refractivity contribution is 5.39. The van der Waals surface area contributed by atoms with E-state index in [2.05, 4.69) is 107 Å². The van der Waals surface area contributed by atoms with Gasteiger partial charge in [0.25, 0.3) is 0 Å². The first-order chi connectivity index (χ1) is 18.3. The van der Waals surface area contributed by atoms with Crippen molar-refractivity contribution in [2.24, 2.45) is 0 Å². The van der Waals surface area contributed by atoms with E-state index in [1.807, 2.05) is 18.2 Å². The Hall–Kier alpha value is -2.92. The molecule has 0 saturated heterocycles. The Morgan fingerprint density at radius 2 is 0.775 bits per heavy atom. The maximum atomic E-state index is 9.93. The quantitative estimate of drug-likeness (QED) is 0.323. The molecule has 40 heavy (non-hydrogen) atoms. The topological polar surface area (TPSA) is 64.5 Å². The molecule has 5 heteroatoms. The molecule has 1 aromatic carbocycles. The fraction of sp³-hybridized carbons (Fsp3) is 0.543. The van der Waals surface area contributed by atoms with Crippen LogP contribution in [0.3, 0.4) is 0 Å². The summed E-state index contributed by atoms with van der Waals surface area (Å²) in [6.45, 7) is 26.9. The normalized spacial score (nSPS) is 12.9. The van der Waals surface area contributed by atoms with E-state index in [0.29, 0.717) is 24.7 Å². The average Bonchev–Trinajstić information content (AvgIpc) is 2.83. The minimum Gasteiger partial charge on any atom is -0.489 e. The van der Waals surface area contributed by atoms with Crippen LogP contribution in [0.25, 0.3) is 0 Å². The number of benzene rings is 1. The number of hydrogen-bond acceptors (Lipinski definition) is 5. The number of nitrogens with zero attached hydrogens (tertiary/aromatic N) is 2. The predicted molar refractivity (Wildman–Crippen MR) is 164 cm³/mol. The molecular weight excluding hydrogens is 496 g/mol. The highest BCUT2D eigenvalue weighted by Gasteiger charge is 2.24. The van der Waals surface area contributed by atoms with Crippen LogP contribution in [0.15, 0.2) is 42.5 Å². The summed E-state index contributed by atoms with van der Waals surface area (Å²) in [6, 6.07) is 14.1. The summed E-state index contributed by atoms with van der Waals surface area (Å²) >= 11 is 0. The largest absolute Gasteiger partial charge is 0.489 e. The lowest BCUT2D eigenvalue weighted by Gasteiger charge is -2.25. The summed E-state index contributed by atoms with van der Waals surface area (Å²) < 4.78 is 12.5. The standard InChI is InChI=1S/C35H50N2O3/c1-32(2,3)28-15-24(16-29(36-28)33(4,5)6)21-39-26-13-23(20-38)14-27(19-26)40-22-25-17-30(34(7,8)9)37-31(18-25)35(10,11)12/h13-19,38H,20-22H2,1-12H3. The molecule has 2 aromatic heterocycles. The Morgan fingerprint density at radius 3 is 1.02 bits per heavy atom. The van der Waals surface area contributed by atoms with Crippen molar-refractivity contribution in [3.8, 4) is 11.5 Å². The summed E-state index contributed by atoms with van der Waals surface area (Å²) in [4.78, 5) is 9.91. The van der Waals surface area contributed by atoms with Gasteiger partial charge in [0.2, 0.25) is 0 Å². The molecule has 0 fully saturated rings. The third-order valence-corrected chi connectivity index (χ3v) is 6.78. The molecule has 3 rings (SSSR count). The molecule has 2 heterocycles. The highest BCUT2D eigenvalue weighted by atomic mass is 16.5. The number of hydrogen-bond donors (Lipinski definition) is 1. The Balaban J connectivity index is 1.85. The second-order valence-corrected chi connectivity index (χ2v) is 15.0. The first-order valence-electron chi connectivity index (χ1n) is 14.3. The number of aromatic nitrogens is 2. The van der Waals surface area contributed by atoms with Crippen molar-refractivity contribution >= 4 is 0 Å². The van der Waals surface area contributed by atoms with Crippen LogP contribution in [0.4, 0.5) is 0 Å². The third kappa shape index (κ3) is 8.54. The Morgan fingerprint density at radius 1 is 0.475 bits per heavy atom. The van der Waals surface area contributed by atoms with Gasteiger partial charge < -0.3 is 14.6 Å². The number of pyridine rings is 2. The molecule has 0 amide bonds. The second kappa shape index (κ2) is 11.5. The van der Waals surface area contributed by atoms with Crippen LogP contribution in [0, 0.1) is 0 Å². The van der Waals surface area contributed by atoms with Crippen molar-refractivity contribution in [2.75, 3.05) is 0 Å². The Kier molecular flexibility index (Phi) is 9.10. The fourth-order valence-electron chi connectivity index (χ4n) is 4.10. The van der Waals surface area contributed by atoms with Crippen molar-refractivity contribution in [2.45, 2.75) is 125 Å². The van der Waals surface area contributed by atoms with E-state index < -0.39 is 0 Å². The molecule has 0 radical (unpaired) electrons. The number of rotatable bonds is 7. The molecule has 0 spiro atoms. The van der Waals surface area contributed by atoms with Gasteiger partial charge in [0.05, 0.1) is 6.61 Å². The molecule has 0 aliphatic carbocycles. The number of ether oxygens (including phenoxy) is 2. The molecule has 0 saturated carbocycles. The molecular formula is C35H50N2O3. The third-order valence-electron chi connectivity index (χ3n) is 6.78. The molecule has 0 aliphatic heterocycles. The molecule has 5 nitrogen and oxygen atoms in total. The first-order valence-corrected chi connectivity index (χ1v) is 14.3. The van der Waals surface area contributed by atoms with Gasteiger partial charge in [0.1, 0.15) is 24.7 Å². The van der Waals surface area contributed by atoms with Crippen LogP contribution < -0.4 is 9.47 Å². The van der Waals surface area contributed by atoms with E-state index >= 15 is 0 Å². The fourth-order valence-corrected chi connectivity index (χ4v) is 4.10. The van der Waals surface area contributed by atoms with Crippen molar-refractivity contribution in [3.63, 3.8) is 0 Å². The Labute approximate surface area is 242 Å². The van der Waals surface area contributed by atoms with Crippen LogP contribution in [0.2, 0.25) is 0 Å². The van der Waals surface area contributed by atoms with E-state index in [4.69, 9.17) is 19.4 Å². The summed E-state index contributed by atoms with van der Waals surface area (Å²) in [6.07, 6.45) is 0. The predicted octanol–water partition coefficient (Wildman–Crippen LogP) is 8.32. The smallest absolute Gasteiger partial charge is 0.123 e. The molecule has 218 valence electrons. The summed E-state index contributed by atoms with van der Waals surface area (Å²) in [5.74, 6) is 1.32. The number of aliphatic hydroxyl groups is 1. The average molecular weight is 547 g/mol. The lowest BCUT2D eigenvalue weighted by molar-refractivity contribution is 0.270. The van der Waals surface area contributed by atoms with Gasteiger partial charge in [-0.3, -0.25) is 9.97 Å². The van der Waals surface area contributed by atoms with Crippen LogP contribution >= 0.6 is 0 Å². The zero-order valence-electron chi connectivity index (χ0n) is 26.8. The van der Waals surface area contributed by atoms with Gasteiger partial charge in [0, 0.05) is 50.5 Å². The van der Waals surface area contributed by atoms with Crippen molar-refractivity contribution in [1.29, 1.82) is 0 Å². The van der Waals surface area contributed by atoms with Gasteiger partial charge in [-0.05, 0) is 53.1 Å². The molecule has 0 bridgehead atoms. The van der Waals surface area contributed by atoms with Crippen molar-refractivity contribution in [1.82, 2.24) is 9.97 Å². The van der Waals surface area contributed by atoms with Crippen LogP contribution in [0.5, 0.6) is 11.5 Å². The van der Waals surface area contributed by atoms with Crippen molar-refractivity contribution < 1.29 is 14.6 Å². The van der Waals surface area contributed by atoms with E-state index in [0.717, 1.165) is 39.5 Å². The number of aliphatic hydroxyl groups excluding tert-OH is 1. The minimum absolute atomic E-state index is 0.0690. The summed E-state index contributed by atoms with van der Waals surface area (Å²) in [7, 11) is 0. The second-order valence-electron chi connectivity index (χ2n) is 15.0. The summed E-state index contributed by atoms with van der Waals surface area (Å²) in [5.41, 5.74) is 6.81. The minimum atomic E-state index is -0.0945. The van der Waals surface area contributed by atoms with Gasteiger partial charge in [0.15, 0.2) is 0 Å². The van der Waals surface area contributed by atoms with Gasteiger partial charge >= 0.3 is 0 Å². The van der Waals surface area contributed by atoms with Gasteiger partial charge in [-0.1, -0.05) is 83.1 Å². The SMILES string of the molecule is CC(C)(C)c1cc(COc2cc(CO)cc(OCc3cc(C(C)(C)C)nc(C(C)(C)C)c3)c2)cc(C(C)(C)C)n1.